The zero-order chi connectivity index (χ0) is 14.4. The van der Waals surface area contributed by atoms with Gasteiger partial charge in [-0.05, 0) is 49.1 Å². The Labute approximate surface area is 126 Å². The quantitative estimate of drug-likeness (QED) is 0.823. The van der Waals surface area contributed by atoms with Crippen LogP contribution in [0.4, 0.5) is 0 Å². The van der Waals surface area contributed by atoms with Crippen LogP contribution in [0.5, 0.6) is 5.88 Å². The second-order valence-corrected chi connectivity index (χ2v) is 6.48. The van der Waals surface area contributed by atoms with Crippen molar-refractivity contribution in [1.82, 2.24) is 4.57 Å². The number of ether oxygens (including phenoxy) is 1. The van der Waals surface area contributed by atoms with Gasteiger partial charge in [-0.1, -0.05) is 30.3 Å². The van der Waals surface area contributed by atoms with E-state index in [0.29, 0.717) is 11.8 Å². The van der Waals surface area contributed by atoms with Gasteiger partial charge in [-0.2, -0.15) is 0 Å². The maximum atomic E-state index is 5.71. The molecule has 2 atom stereocenters. The zero-order valence-corrected chi connectivity index (χ0v) is 12.9. The van der Waals surface area contributed by atoms with Gasteiger partial charge in [0.15, 0.2) is 5.88 Å². The van der Waals surface area contributed by atoms with E-state index in [-0.39, 0.29) is 0 Å². The minimum absolute atomic E-state index is 0.688. The van der Waals surface area contributed by atoms with E-state index >= 15 is 0 Å². The molecule has 0 N–H and O–H groups in total. The largest absolute Gasteiger partial charge is 0.482 e. The van der Waals surface area contributed by atoms with Crippen molar-refractivity contribution >= 4 is 0 Å². The summed E-state index contributed by atoms with van der Waals surface area (Å²) in [6.07, 6.45) is 6.35. The Morgan fingerprint density at radius 2 is 1.71 bits per heavy atom. The average Bonchev–Trinajstić information content (AvgIpc) is 3.25. The molecule has 0 radical (unpaired) electrons. The Bertz CT molecular complexity index is 656. The van der Waals surface area contributed by atoms with Crippen molar-refractivity contribution in [3.8, 4) is 5.88 Å². The summed E-state index contributed by atoms with van der Waals surface area (Å²) in [4.78, 5) is 0. The van der Waals surface area contributed by atoms with Gasteiger partial charge >= 0.3 is 0 Å². The lowest BCUT2D eigenvalue weighted by Crippen LogP contribution is -2.03. The van der Waals surface area contributed by atoms with Crippen LogP contribution >= 0.6 is 0 Å². The molecule has 110 valence electrons. The Morgan fingerprint density at radius 1 is 1.00 bits per heavy atom. The second kappa shape index (κ2) is 4.94. The van der Waals surface area contributed by atoms with E-state index in [0.717, 1.165) is 5.88 Å². The van der Waals surface area contributed by atoms with Gasteiger partial charge in [-0.3, -0.25) is 0 Å². The predicted octanol–water partition coefficient (Wildman–Crippen LogP) is 4.18. The Morgan fingerprint density at radius 3 is 2.43 bits per heavy atom. The molecule has 0 amide bonds. The molecule has 1 aromatic carbocycles. The molecule has 0 saturated heterocycles. The summed E-state index contributed by atoms with van der Waals surface area (Å²) in [5.41, 5.74) is 6.13. The summed E-state index contributed by atoms with van der Waals surface area (Å²) in [6.45, 7) is 0. The summed E-state index contributed by atoms with van der Waals surface area (Å²) in [6, 6.07) is 11.0. The van der Waals surface area contributed by atoms with Gasteiger partial charge < -0.3 is 9.30 Å². The van der Waals surface area contributed by atoms with Crippen molar-refractivity contribution < 1.29 is 4.74 Å². The van der Waals surface area contributed by atoms with Crippen LogP contribution in [-0.2, 0) is 19.9 Å². The first-order valence-electron chi connectivity index (χ1n) is 8.10. The highest BCUT2D eigenvalue weighted by Gasteiger charge is 2.43. The van der Waals surface area contributed by atoms with Crippen LogP contribution < -0.4 is 4.74 Å². The van der Waals surface area contributed by atoms with Crippen LogP contribution in [0.2, 0.25) is 0 Å². The number of nitrogens with zero attached hydrogens (tertiary/aromatic N) is 1. The Hall–Kier alpha value is -1.70. The molecule has 1 fully saturated rings. The van der Waals surface area contributed by atoms with Gasteiger partial charge in [-0.25, -0.2) is 0 Å². The standard InChI is InChI=1S/C19H23NO/c1-20-18(14-10-6-7-11-15(14)19(20)21-2)17-12-16(17)13-8-4-3-5-9-13/h3-5,8-9,16-17H,6-7,10-12H2,1-2H3/t16-,17+/m0/s1. The van der Waals surface area contributed by atoms with E-state index in [1.165, 1.54) is 43.2 Å². The minimum Gasteiger partial charge on any atom is -0.482 e. The Kier molecular flexibility index (Phi) is 3.06. The molecular weight excluding hydrogens is 258 g/mol. The zero-order valence-electron chi connectivity index (χ0n) is 12.9. The number of fused-ring (bicyclic) bond motifs is 1. The molecule has 2 aliphatic carbocycles. The summed E-state index contributed by atoms with van der Waals surface area (Å²) < 4.78 is 8.04. The summed E-state index contributed by atoms with van der Waals surface area (Å²) in [7, 11) is 4.00. The number of rotatable bonds is 3. The highest BCUT2D eigenvalue weighted by atomic mass is 16.5. The number of hydrogen-bond donors (Lipinski definition) is 0. The third-order valence-corrected chi connectivity index (χ3v) is 5.26. The van der Waals surface area contributed by atoms with Crippen LogP contribution in [0.3, 0.4) is 0 Å². The van der Waals surface area contributed by atoms with Gasteiger partial charge in [0.05, 0.1) is 7.11 Å². The van der Waals surface area contributed by atoms with Gasteiger partial charge in [0, 0.05) is 24.2 Å². The van der Waals surface area contributed by atoms with Gasteiger partial charge in [0.1, 0.15) is 0 Å². The minimum atomic E-state index is 0.688. The average molecular weight is 281 g/mol. The number of hydrogen-bond acceptors (Lipinski definition) is 1. The summed E-state index contributed by atoms with van der Waals surface area (Å²) in [5.74, 6) is 2.50. The smallest absolute Gasteiger partial charge is 0.196 e. The molecule has 2 aromatic rings. The maximum Gasteiger partial charge on any atom is 0.196 e. The molecule has 2 aliphatic rings. The van der Waals surface area contributed by atoms with Crippen molar-refractivity contribution in [1.29, 1.82) is 0 Å². The third kappa shape index (κ3) is 2.00. The first kappa shape index (κ1) is 13.0. The molecule has 2 nitrogen and oxygen atoms in total. The molecule has 21 heavy (non-hydrogen) atoms. The monoisotopic (exact) mass is 281 g/mol. The number of benzene rings is 1. The van der Waals surface area contributed by atoms with Gasteiger partial charge in [-0.15, -0.1) is 0 Å². The first-order chi connectivity index (χ1) is 10.3. The molecule has 0 unspecified atom stereocenters. The van der Waals surface area contributed by atoms with E-state index < -0.39 is 0 Å². The van der Waals surface area contributed by atoms with Crippen molar-refractivity contribution in [3.05, 3.63) is 52.7 Å². The van der Waals surface area contributed by atoms with Crippen LogP contribution in [0.25, 0.3) is 0 Å². The summed E-state index contributed by atoms with van der Waals surface area (Å²) >= 11 is 0. The topological polar surface area (TPSA) is 14.2 Å². The maximum absolute atomic E-state index is 5.71. The molecule has 2 heteroatoms. The van der Waals surface area contributed by atoms with Crippen molar-refractivity contribution in [2.45, 2.75) is 43.9 Å². The Balaban J connectivity index is 1.72. The molecule has 4 rings (SSSR count). The van der Waals surface area contributed by atoms with Crippen LogP contribution in [-0.4, -0.2) is 11.7 Å². The highest BCUT2D eigenvalue weighted by molar-refractivity contribution is 5.49. The third-order valence-electron chi connectivity index (χ3n) is 5.26. The van der Waals surface area contributed by atoms with E-state index in [9.17, 15) is 0 Å². The van der Waals surface area contributed by atoms with E-state index in [1.54, 1.807) is 11.3 Å². The summed E-state index contributed by atoms with van der Waals surface area (Å²) in [5, 5.41) is 0. The SMILES string of the molecule is COc1c2c(c([C@@H]3C[C@H]3c3ccccc3)n1C)CCCC2. The molecular formula is C19H23NO. The normalized spacial score (nSPS) is 23.7. The van der Waals surface area contributed by atoms with Crippen molar-refractivity contribution in [2.24, 2.45) is 7.05 Å². The van der Waals surface area contributed by atoms with Crippen LogP contribution in [0, 0.1) is 0 Å². The van der Waals surface area contributed by atoms with E-state index in [1.807, 2.05) is 7.11 Å². The number of methoxy groups -OCH3 is 1. The lowest BCUT2D eigenvalue weighted by molar-refractivity contribution is 0.374. The first-order valence-corrected chi connectivity index (χ1v) is 8.10. The molecule has 0 bridgehead atoms. The van der Waals surface area contributed by atoms with Crippen LogP contribution in [0.15, 0.2) is 30.3 Å². The van der Waals surface area contributed by atoms with E-state index in [4.69, 9.17) is 4.74 Å². The highest BCUT2D eigenvalue weighted by Crippen LogP contribution is 2.57. The lowest BCUT2D eigenvalue weighted by Gasteiger charge is -2.13. The van der Waals surface area contributed by atoms with Crippen molar-refractivity contribution in [3.63, 3.8) is 0 Å². The van der Waals surface area contributed by atoms with Gasteiger partial charge in [0.2, 0.25) is 0 Å². The molecule has 1 aromatic heterocycles. The van der Waals surface area contributed by atoms with E-state index in [2.05, 4.69) is 41.9 Å². The fourth-order valence-corrected chi connectivity index (χ4v) is 4.24. The number of aromatic nitrogens is 1. The fraction of sp³-hybridized carbons (Fsp3) is 0.474. The molecule has 1 saturated carbocycles. The second-order valence-electron chi connectivity index (χ2n) is 6.48. The molecule has 1 heterocycles. The fourth-order valence-electron chi connectivity index (χ4n) is 4.24. The predicted molar refractivity (Wildman–Crippen MR) is 85.1 cm³/mol. The van der Waals surface area contributed by atoms with Crippen LogP contribution in [0.1, 0.15) is 53.5 Å². The lowest BCUT2D eigenvalue weighted by atomic mass is 9.92. The molecule has 0 spiro atoms. The van der Waals surface area contributed by atoms with Crippen molar-refractivity contribution in [2.75, 3.05) is 7.11 Å². The van der Waals surface area contributed by atoms with Gasteiger partial charge in [0.25, 0.3) is 0 Å². The molecule has 0 aliphatic heterocycles.